The van der Waals surface area contributed by atoms with Crippen LogP contribution < -0.4 is 4.74 Å². The number of aromatic hydroxyl groups is 2. The summed E-state index contributed by atoms with van der Waals surface area (Å²) in [6.45, 7) is 3.38. The van der Waals surface area contributed by atoms with Gasteiger partial charge in [0.25, 0.3) is 0 Å². The van der Waals surface area contributed by atoms with Crippen molar-refractivity contribution in [2.45, 2.75) is 32.0 Å². The van der Waals surface area contributed by atoms with E-state index >= 15 is 0 Å². The minimum Gasteiger partial charge on any atom is -0.507 e. The van der Waals surface area contributed by atoms with Crippen LogP contribution in [-0.2, 0) is 6.42 Å². The summed E-state index contributed by atoms with van der Waals surface area (Å²) in [6, 6.07) is 10.4. The van der Waals surface area contributed by atoms with Crippen LogP contribution in [0.3, 0.4) is 0 Å². The maximum Gasteiger partial charge on any atom is 0.193 e. The molecule has 0 saturated carbocycles. The highest BCUT2D eigenvalue weighted by atomic mass is 16.5. The lowest BCUT2D eigenvalue weighted by Crippen LogP contribution is -2.46. The number of aliphatic hydroxyl groups is 1. The third-order valence-corrected chi connectivity index (χ3v) is 4.38. The molecule has 0 bridgehead atoms. The SMILES string of the molecule is CC1(C)Oc2c(c(O)cc(O)c2C(=O)C=Cc2ccccc2)C[C@@H]1O. The summed E-state index contributed by atoms with van der Waals surface area (Å²) < 4.78 is 5.77. The molecule has 0 aromatic heterocycles. The molecule has 0 saturated heterocycles. The van der Waals surface area contributed by atoms with Crippen molar-refractivity contribution in [1.29, 1.82) is 0 Å². The van der Waals surface area contributed by atoms with Gasteiger partial charge in [-0.05, 0) is 25.5 Å². The number of phenolic OH excluding ortho intramolecular Hbond substituents is 2. The number of carbonyl (C=O) groups is 1. The fourth-order valence-corrected chi connectivity index (χ4v) is 2.81. The predicted molar refractivity (Wildman–Crippen MR) is 94.0 cm³/mol. The molecule has 3 rings (SSSR count). The zero-order valence-corrected chi connectivity index (χ0v) is 14.1. The van der Waals surface area contributed by atoms with Crippen molar-refractivity contribution >= 4 is 11.9 Å². The first-order chi connectivity index (χ1) is 11.8. The molecule has 2 aromatic rings. The van der Waals surface area contributed by atoms with Crippen molar-refractivity contribution in [3.63, 3.8) is 0 Å². The Morgan fingerprint density at radius 3 is 2.56 bits per heavy atom. The van der Waals surface area contributed by atoms with Crippen LogP contribution in [0.5, 0.6) is 17.2 Å². The molecule has 3 N–H and O–H groups in total. The molecular weight excluding hydrogens is 320 g/mol. The van der Waals surface area contributed by atoms with Crippen LogP contribution in [0.1, 0.15) is 35.3 Å². The van der Waals surface area contributed by atoms with E-state index in [1.165, 1.54) is 6.08 Å². The Morgan fingerprint density at radius 2 is 1.88 bits per heavy atom. The molecule has 0 spiro atoms. The fourth-order valence-electron chi connectivity index (χ4n) is 2.81. The average molecular weight is 340 g/mol. The number of phenols is 2. The molecule has 1 heterocycles. The maximum atomic E-state index is 12.6. The first-order valence-corrected chi connectivity index (χ1v) is 8.02. The predicted octanol–water partition coefficient (Wildman–Crippen LogP) is 3.07. The van der Waals surface area contributed by atoms with Crippen LogP contribution in [0.25, 0.3) is 6.08 Å². The van der Waals surface area contributed by atoms with E-state index in [-0.39, 0.29) is 29.2 Å². The molecule has 0 aliphatic carbocycles. The van der Waals surface area contributed by atoms with Gasteiger partial charge in [0.1, 0.15) is 28.4 Å². The number of rotatable bonds is 3. The highest BCUT2D eigenvalue weighted by Crippen LogP contribution is 2.44. The molecule has 5 nitrogen and oxygen atoms in total. The number of hydrogen-bond donors (Lipinski definition) is 3. The van der Waals surface area contributed by atoms with E-state index in [4.69, 9.17) is 4.74 Å². The summed E-state index contributed by atoms with van der Waals surface area (Å²) in [5, 5.41) is 30.4. The highest BCUT2D eigenvalue weighted by molar-refractivity contribution is 6.11. The molecule has 2 aromatic carbocycles. The normalized spacial score (nSPS) is 18.6. The summed E-state index contributed by atoms with van der Waals surface area (Å²) in [6.07, 6.45) is 2.29. The van der Waals surface area contributed by atoms with Gasteiger partial charge in [-0.3, -0.25) is 4.79 Å². The Balaban J connectivity index is 2.03. The van der Waals surface area contributed by atoms with Gasteiger partial charge in [-0.15, -0.1) is 0 Å². The molecule has 1 aliphatic heterocycles. The van der Waals surface area contributed by atoms with E-state index in [1.54, 1.807) is 19.9 Å². The Morgan fingerprint density at radius 1 is 1.20 bits per heavy atom. The number of aliphatic hydroxyl groups excluding tert-OH is 1. The van der Waals surface area contributed by atoms with Gasteiger partial charge in [0, 0.05) is 18.1 Å². The third kappa shape index (κ3) is 3.23. The largest absolute Gasteiger partial charge is 0.507 e. The number of carbonyl (C=O) groups excluding carboxylic acids is 1. The zero-order chi connectivity index (χ0) is 18.2. The molecule has 0 unspecified atom stereocenters. The summed E-state index contributed by atoms with van der Waals surface area (Å²) in [7, 11) is 0. The second-order valence-corrected chi connectivity index (χ2v) is 6.63. The van der Waals surface area contributed by atoms with Crippen molar-refractivity contribution in [1.82, 2.24) is 0 Å². The first-order valence-electron chi connectivity index (χ1n) is 8.02. The van der Waals surface area contributed by atoms with Gasteiger partial charge in [0.15, 0.2) is 5.78 Å². The zero-order valence-electron chi connectivity index (χ0n) is 14.1. The number of allylic oxidation sites excluding steroid dienone is 1. The molecule has 0 radical (unpaired) electrons. The Hall–Kier alpha value is -2.79. The topological polar surface area (TPSA) is 87.0 Å². The molecule has 0 amide bonds. The van der Waals surface area contributed by atoms with Gasteiger partial charge in [-0.2, -0.15) is 0 Å². The molecular formula is C20H20O5. The smallest absolute Gasteiger partial charge is 0.193 e. The van der Waals surface area contributed by atoms with Gasteiger partial charge in [-0.25, -0.2) is 0 Å². The van der Waals surface area contributed by atoms with E-state index in [1.807, 2.05) is 30.3 Å². The van der Waals surface area contributed by atoms with E-state index in [0.717, 1.165) is 11.6 Å². The number of benzene rings is 2. The number of ether oxygens (including phenoxy) is 1. The molecule has 130 valence electrons. The molecule has 1 atom stereocenters. The molecule has 25 heavy (non-hydrogen) atoms. The molecule has 5 heteroatoms. The quantitative estimate of drug-likeness (QED) is 0.590. The van der Waals surface area contributed by atoms with E-state index < -0.39 is 17.5 Å². The minimum absolute atomic E-state index is 0.0139. The van der Waals surface area contributed by atoms with Crippen molar-refractivity contribution in [3.05, 3.63) is 59.2 Å². The van der Waals surface area contributed by atoms with Gasteiger partial charge >= 0.3 is 0 Å². The van der Waals surface area contributed by atoms with Gasteiger partial charge < -0.3 is 20.1 Å². The van der Waals surface area contributed by atoms with Crippen LogP contribution in [0.4, 0.5) is 0 Å². The molecule has 1 aliphatic rings. The summed E-state index contributed by atoms with van der Waals surface area (Å²) in [5.41, 5.74) is 0.214. The number of hydrogen-bond acceptors (Lipinski definition) is 5. The second kappa shape index (κ2) is 6.26. The minimum atomic E-state index is -0.939. The van der Waals surface area contributed by atoms with Crippen molar-refractivity contribution in [3.8, 4) is 17.2 Å². The fraction of sp³-hybridized carbons (Fsp3) is 0.250. The summed E-state index contributed by atoms with van der Waals surface area (Å²) in [5.74, 6) is -0.878. The molecule has 0 fully saturated rings. The van der Waals surface area contributed by atoms with Gasteiger partial charge in [0.2, 0.25) is 0 Å². The van der Waals surface area contributed by atoms with Crippen molar-refractivity contribution in [2.24, 2.45) is 0 Å². The van der Waals surface area contributed by atoms with Crippen LogP contribution in [0.2, 0.25) is 0 Å². The monoisotopic (exact) mass is 340 g/mol. The van der Waals surface area contributed by atoms with Crippen LogP contribution >= 0.6 is 0 Å². The lowest BCUT2D eigenvalue weighted by atomic mass is 9.88. The van der Waals surface area contributed by atoms with E-state index in [0.29, 0.717) is 5.56 Å². The van der Waals surface area contributed by atoms with Crippen LogP contribution in [0.15, 0.2) is 42.5 Å². The third-order valence-electron chi connectivity index (χ3n) is 4.38. The van der Waals surface area contributed by atoms with E-state index in [2.05, 4.69) is 0 Å². The lowest BCUT2D eigenvalue weighted by molar-refractivity contribution is -0.0421. The summed E-state index contributed by atoms with van der Waals surface area (Å²) in [4.78, 5) is 12.6. The Kier molecular flexibility index (Phi) is 4.27. The average Bonchev–Trinajstić information content (AvgIpc) is 2.55. The Bertz CT molecular complexity index is 837. The van der Waals surface area contributed by atoms with Gasteiger partial charge in [0.05, 0.1) is 6.10 Å². The first kappa shape index (κ1) is 17.0. The highest BCUT2D eigenvalue weighted by Gasteiger charge is 2.39. The standard InChI is InChI=1S/C20H20O5/c1-20(2)17(24)10-13-15(22)11-16(23)18(19(13)25-20)14(21)9-8-12-6-4-3-5-7-12/h3-9,11,17,22-24H,10H2,1-2H3/t17-/m0/s1. The van der Waals surface area contributed by atoms with Gasteiger partial charge in [-0.1, -0.05) is 36.4 Å². The maximum absolute atomic E-state index is 12.6. The van der Waals surface area contributed by atoms with Crippen molar-refractivity contribution in [2.75, 3.05) is 0 Å². The second-order valence-electron chi connectivity index (χ2n) is 6.63. The number of ketones is 1. The summed E-state index contributed by atoms with van der Waals surface area (Å²) >= 11 is 0. The Labute approximate surface area is 145 Å². The van der Waals surface area contributed by atoms with E-state index in [9.17, 15) is 20.1 Å². The van der Waals surface area contributed by atoms with Crippen molar-refractivity contribution < 1.29 is 24.9 Å². The van der Waals surface area contributed by atoms with Crippen LogP contribution in [-0.4, -0.2) is 32.8 Å². The van der Waals surface area contributed by atoms with Crippen LogP contribution in [0, 0.1) is 0 Å². The number of fused-ring (bicyclic) bond motifs is 1. The lowest BCUT2D eigenvalue weighted by Gasteiger charge is -2.38.